The van der Waals surface area contributed by atoms with Crippen LogP contribution in [0.1, 0.15) is 12.5 Å². The number of rotatable bonds is 5. The van der Waals surface area contributed by atoms with Gasteiger partial charge in [-0.2, -0.15) is 0 Å². The minimum absolute atomic E-state index is 0.419. The van der Waals surface area contributed by atoms with E-state index in [4.69, 9.17) is 4.74 Å². The molecule has 136 valence electrons. The summed E-state index contributed by atoms with van der Waals surface area (Å²) >= 11 is 0. The number of hydrogen-bond donors (Lipinski definition) is 2. The van der Waals surface area contributed by atoms with Crippen LogP contribution < -0.4 is 15.4 Å². The van der Waals surface area contributed by atoms with Crippen LogP contribution in [-0.2, 0) is 16.0 Å². The Morgan fingerprint density at radius 3 is 2.11 bits per heavy atom. The SMILES string of the molecule is CCc1ccc(NC(=O)C(=O)Nc2ccccc2Oc2ccccc2)cc1. The fourth-order valence-electron chi connectivity index (χ4n) is 2.47. The van der Waals surface area contributed by atoms with Crippen LogP contribution in [0.3, 0.4) is 0 Å². The van der Waals surface area contributed by atoms with Crippen LogP contribution in [0, 0.1) is 0 Å². The summed E-state index contributed by atoms with van der Waals surface area (Å²) in [5, 5.41) is 5.19. The van der Waals surface area contributed by atoms with E-state index in [1.54, 1.807) is 36.4 Å². The lowest BCUT2D eigenvalue weighted by molar-refractivity contribution is -0.133. The van der Waals surface area contributed by atoms with E-state index in [1.165, 1.54) is 0 Å². The minimum atomic E-state index is -0.765. The van der Waals surface area contributed by atoms with Gasteiger partial charge < -0.3 is 15.4 Å². The monoisotopic (exact) mass is 360 g/mol. The number of benzene rings is 3. The number of para-hydroxylation sites is 3. The molecule has 0 bridgehead atoms. The highest BCUT2D eigenvalue weighted by Gasteiger charge is 2.16. The van der Waals surface area contributed by atoms with Gasteiger partial charge in [-0.15, -0.1) is 0 Å². The fraction of sp³-hybridized carbons (Fsp3) is 0.0909. The van der Waals surface area contributed by atoms with E-state index in [2.05, 4.69) is 17.6 Å². The van der Waals surface area contributed by atoms with E-state index in [-0.39, 0.29) is 0 Å². The van der Waals surface area contributed by atoms with Gasteiger partial charge in [-0.25, -0.2) is 0 Å². The summed E-state index contributed by atoms with van der Waals surface area (Å²) in [5.41, 5.74) is 2.15. The summed E-state index contributed by atoms with van der Waals surface area (Å²) in [7, 11) is 0. The molecule has 27 heavy (non-hydrogen) atoms. The topological polar surface area (TPSA) is 67.4 Å². The van der Waals surface area contributed by atoms with Crippen molar-refractivity contribution in [3.8, 4) is 11.5 Å². The average molecular weight is 360 g/mol. The molecule has 0 fully saturated rings. The molecule has 0 saturated heterocycles. The molecular formula is C22H20N2O3. The molecule has 0 radical (unpaired) electrons. The van der Waals surface area contributed by atoms with Crippen molar-refractivity contribution in [3.63, 3.8) is 0 Å². The zero-order valence-electron chi connectivity index (χ0n) is 14.9. The fourth-order valence-corrected chi connectivity index (χ4v) is 2.47. The zero-order chi connectivity index (χ0) is 19.1. The summed E-state index contributed by atoms with van der Waals surface area (Å²) in [6.07, 6.45) is 0.910. The maximum atomic E-state index is 12.3. The van der Waals surface area contributed by atoms with E-state index in [9.17, 15) is 9.59 Å². The number of anilines is 2. The first kappa shape index (κ1) is 18.2. The van der Waals surface area contributed by atoms with Gasteiger partial charge in [-0.05, 0) is 48.4 Å². The van der Waals surface area contributed by atoms with Crippen LogP contribution in [0.4, 0.5) is 11.4 Å². The number of carbonyl (C=O) groups is 2. The van der Waals surface area contributed by atoms with Crippen LogP contribution in [0.2, 0.25) is 0 Å². The van der Waals surface area contributed by atoms with Crippen molar-refractivity contribution in [2.45, 2.75) is 13.3 Å². The lowest BCUT2D eigenvalue weighted by Crippen LogP contribution is -2.29. The third-order valence-corrected chi connectivity index (χ3v) is 3.93. The van der Waals surface area contributed by atoms with Crippen LogP contribution in [0.5, 0.6) is 11.5 Å². The summed E-state index contributed by atoms with van der Waals surface area (Å²) in [4.78, 5) is 24.4. The molecule has 0 spiro atoms. The molecule has 3 rings (SSSR count). The number of hydrogen-bond acceptors (Lipinski definition) is 3. The van der Waals surface area contributed by atoms with Crippen LogP contribution >= 0.6 is 0 Å². The average Bonchev–Trinajstić information content (AvgIpc) is 2.71. The van der Waals surface area contributed by atoms with Gasteiger partial charge >= 0.3 is 11.8 Å². The Labute approximate surface area is 158 Å². The molecule has 3 aromatic carbocycles. The third-order valence-electron chi connectivity index (χ3n) is 3.93. The predicted octanol–water partition coefficient (Wildman–Crippen LogP) is 4.62. The summed E-state index contributed by atoms with van der Waals surface area (Å²) in [6.45, 7) is 2.05. The molecule has 0 saturated carbocycles. The summed E-state index contributed by atoms with van der Waals surface area (Å²) in [5.74, 6) is -0.413. The zero-order valence-corrected chi connectivity index (χ0v) is 14.9. The number of carbonyl (C=O) groups excluding carboxylic acids is 2. The van der Waals surface area contributed by atoms with E-state index >= 15 is 0 Å². The molecule has 5 heteroatoms. The van der Waals surface area contributed by atoms with Crippen molar-refractivity contribution in [2.75, 3.05) is 10.6 Å². The van der Waals surface area contributed by atoms with E-state index in [1.807, 2.05) is 42.5 Å². The molecule has 0 atom stereocenters. The predicted molar refractivity (Wildman–Crippen MR) is 106 cm³/mol. The Morgan fingerprint density at radius 2 is 1.41 bits per heavy atom. The Balaban J connectivity index is 1.67. The van der Waals surface area contributed by atoms with Gasteiger partial charge in [0, 0.05) is 5.69 Å². The quantitative estimate of drug-likeness (QED) is 0.653. The Morgan fingerprint density at radius 1 is 0.778 bits per heavy atom. The first-order valence-corrected chi connectivity index (χ1v) is 8.69. The smallest absolute Gasteiger partial charge is 0.314 e. The van der Waals surface area contributed by atoms with Crippen molar-refractivity contribution >= 4 is 23.2 Å². The van der Waals surface area contributed by atoms with Gasteiger partial charge in [0.15, 0.2) is 5.75 Å². The van der Waals surface area contributed by atoms with E-state index in [0.717, 1.165) is 12.0 Å². The highest BCUT2D eigenvalue weighted by atomic mass is 16.5. The van der Waals surface area contributed by atoms with Crippen molar-refractivity contribution in [2.24, 2.45) is 0 Å². The molecule has 2 N–H and O–H groups in total. The van der Waals surface area contributed by atoms with E-state index in [0.29, 0.717) is 22.9 Å². The molecule has 5 nitrogen and oxygen atoms in total. The van der Waals surface area contributed by atoms with Gasteiger partial charge in [0.25, 0.3) is 0 Å². The first-order valence-electron chi connectivity index (χ1n) is 8.69. The Hall–Kier alpha value is -3.60. The lowest BCUT2D eigenvalue weighted by Gasteiger charge is -2.12. The molecule has 2 amide bonds. The summed E-state index contributed by atoms with van der Waals surface area (Å²) < 4.78 is 5.79. The molecule has 3 aromatic rings. The number of amides is 2. The van der Waals surface area contributed by atoms with Crippen molar-refractivity contribution in [1.29, 1.82) is 0 Å². The third kappa shape index (κ3) is 4.95. The molecule has 0 aliphatic carbocycles. The standard InChI is InChI=1S/C22H20N2O3/c1-2-16-12-14-17(15-13-16)23-21(25)22(26)24-19-10-6-7-11-20(19)27-18-8-4-3-5-9-18/h3-15H,2H2,1H3,(H,23,25)(H,24,26). The highest BCUT2D eigenvalue weighted by molar-refractivity contribution is 6.43. The second-order valence-electron chi connectivity index (χ2n) is 5.87. The number of nitrogens with one attached hydrogen (secondary N) is 2. The van der Waals surface area contributed by atoms with Gasteiger partial charge in [0.05, 0.1) is 5.69 Å². The normalized spacial score (nSPS) is 10.1. The van der Waals surface area contributed by atoms with Crippen LogP contribution in [-0.4, -0.2) is 11.8 Å². The molecular weight excluding hydrogens is 340 g/mol. The number of ether oxygens (including phenoxy) is 1. The van der Waals surface area contributed by atoms with Gasteiger partial charge in [0.2, 0.25) is 0 Å². The van der Waals surface area contributed by atoms with Crippen LogP contribution in [0.15, 0.2) is 78.9 Å². The molecule has 0 aliphatic heterocycles. The summed E-state index contributed by atoms with van der Waals surface area (Å²) in [6, 6.07) is 23.6. The first-order chi connectivity index (χ1) is 13.2. The van der Waals surface area contributed by atoms with Crippen molar-refractivity contribution in [3.05, 3.63) is 84.4 Å². The molecule has 0 unspecified atom stereocenters. The minimum Gasteiger partial charge on any atom is -0.455 e. The molecule has 0 heterocycles. The largest absolute Gasteiger partial charge is 0.455 e. The lowest BCUT2D eigenvalue weighted by atomic mass is 10.1. The van der Waals surface area contributed by atoms with Crippen molar-refractivity contribution in [1.82, 2.24) is 0 Å². The van der Waals surface area contributed by atoms with Crippen molar-refractivity contribution < 1.29 is 14.3 Å². The molecule has 0 aromatic heterocycles. The van der Waals surface area contributed by atoms with Gasteiger partial charge in [-0.1, -0.05) is 49.4 Å². The van der Waals surface area contributed by atoms with E-state index < -0.39 is 11.8 Å². The highest BCUT2D eigenvalue weighted by Crippen LogP contribution is 2.29. The van der Waals surface area contributed by atoms with Gasteiger partial charge in [-0.3, -0.25) is 9.59 Å². The van der Waals surface area contributed by atoms with Gasteiger partial charge in [0.1, 0.15) is 5.75 Å². The van der Waals surface area contributed by atoms with Crippen LogP contribution in [0.25, 0.3) is 0 Å². The second kappa shape index (κ2) is 8.67. The molecule has 0 aliphatic rings. The maximum Gasteiger partial charge on any atom is 0.314 e. The number of aryl methyl sites for hydroxylation is 1. The second-order valence-corrected chi connectivity index (χ2v) is 5.87. The Bertz CT molecular complexity index is 922. The maximum absolute atomic E-state index is 12.3. The Kier molecular flexibility index (Phi) is 5.84.